The summed E-state index contributed by atoms with van der Waals surface area (Å²) in [6, 6.07) is 8.07. The van der Waals surface area contributed by atoms with Crippen LogP contribution in [0.25, 0.3) is 10.9 Å². The lowest BCUT2D eigenvalue weighted by molar-refractivity contribution is -0.117. The molecule has 0 spiro atoms. The summed E-state index contributed by atoms with van der Waals surface area (Å²) in [4.78, 5) is 27.2. The van der Waals surface area contributed by atoms with Gasteiger partial charge in [0.2, 0.25) is 5.91 Å². The molecule has 4 rings (SSSR count). The van der Waals surface area contributed by atoms with Crippen molar-refractivity contribution in [2.24, 2.45) is 0 Å². The summed E-state index contributed by atoms with van der Waals surface area (Å²) >= 11 is 0. The van der Waals surface area contributed by atoms with Crippen LogP contribution in [-0.4, -0.2) is 22.9 Å². The van der Waals surface area contributed by atoms with Crippen molar-refractivity contribution >= 4 is 28.4 Å². The number of nitrogens with one attached hydrogen (secondary N) is 1. The second kappa shape index (κ2) is 7.14. The quantitative estimate of drug-likeness (QED) is 0.729. The van der Waals surface area contributed by atoms with Gasteiger partial charge in [-0.25, -0.2) is 4.39 Å². The Morgan fingerprint density at radius 1 is 1.29 bits per heavy atom. The molecular weight excluding hydrogens is 361 g/mol. The average Bonchev–Trinajstić information content (AvgIpc) is 3.36. The maximum absolute atomic E-state index is 14.0. The van der Waals surface area contributed by atoms with Crippen molar-refractivity contribution < 1.29 is 18.4 Å². The number of rotatable bonds is 5. The number of nitrogens with zero attached hydrogens (tertiary/aromatic N) is 2. The molecule has 3 heterocycles. The Morgan fingerprint density at radius 2 is 2.11 bits per heavy atom. The average molecular weight is 383 g/mol. The van der Waals surface area contributed by atoms with E-state index in [4.69, 9.17) is 4.42 Å². The molecule has 0 unspecified atom stereocenters. The minimum atomic E-state index is -0.397. The molecule has 0 bridgehead atoms. The van der Waals surface area contributed by atoms with E-state index in [9.17, 15) is 14.0 Å². The summed E-state index contributed by atoms with van der Waals surface area (Å²) in [5.41, 5.74) is 1.60. The van der Waals surface area contributed by atoms with Crippen molar-refractivity contribution in [3.8, 4) is 0 Å². The highest BCUT2D eigenvalue weighted by molar-refractivity contribution is 6.14. The second-order valence-corrected chi connectivity index (χ2v) is 6.95. The zero-order valence-corrected chi connectivity index (χ0v) is 15.9. The van der Waals surface area contributed by atoms with Gasteiger partial charge in [0.1, 0.15) is 23.0 Å². The summed E-state index contributed by atoms with van der Waals surface area (Å²) in [5, 5.41) is 3.45. The molecule has 2 aromatic heterocycles. The number of hydrogen-bond donors (Lipinski definition) is 1. The number of carbonyl (C=O) groups is 2. The van der Waals surface area contributed by atoms with Gasteiger partial charge < -0.3 is 19.2 Å². The number of fused-ring (bicyclic) bond motifs is 1. The monoisotopic (exact) mass is 383 g/mol. The molecule has 1 N–H and O–H groups in total. The van der Waals surface area contributed by atoms with E-state index in [1.165, 1.54) is 12.1 Å². The van der Waals surface area contributed by atoms with Crippen molar-refractivity contribution in [3.05, 3.63) is 53.4 Å². The predicted molar refractivity (Wildman–Crippen MR) is 104 cm³/mol. The first-order valence-electron chi connectivity index (χ1n) is 9.45. The fourth-order valence-corrected chi connectivity index (χ4v) is 3.86. The maximum Gasteiger partial charge on any atom is 0.270 e. The molecule has 2 amide bonds. The molecule has 1 saturated heterocycles. The highest BCUT2D eigenvalue weighted by atomic mass is 19.1. The summed E-state index contributed by atoms with van der Waals surface area (Å²) in [5.74, 6) is 0.657. The lowest BCUT2D eigenvalue weighted by Crippen LogP contribution is -2.30. The van der Waals surface area contributed by atoms with E-state index in [-0.39, 0.29) is 18.4 Å². The lowest BCUT2D eigenvalue weighted by Gasteiger charge is -2.18. The Bertz CT molecular complexity index is 1070. The summed E-state index contributed by atoms with van der Waals surface area (Å²) in [6.45, 7) is 5.04. The topological polar surface area (TPSA) is 67.5 Å². The van der Waals surface area contributed by atoms with Crippen LogP contribution in [0.2, 0.25) is 0 Å². The van der Waals surface area contributed by atoms with Crippen LogP contribution < -0.4 is 10.2 Å². The van der Waals surface area contributed by atoms with Gasteiger partial charge in [-0.05, 0) is 50.6 Å². The van der Waals surface area contributed by atoms with Crippen LogP contribution in [0.4, 0.5) is 10.1 Å². The van der Waals surface area contributed by atoms with Crippen LogP contribution in [0, 0.1) is 12.7 Å². The van der Waals surface area contributed by atoms with Gasteiger partial charge in [0.25, 0.3) is 5.91 Å². The first kappa shape index (κ1) is 18.3. The SMILES string of the molecule is CCn1c(C(=O)NCc2ccc(C)o2)c(N2CCCC2=O)c2cc(F)ccc21. The number of carbonyl (C=O) groups excluding carboxylic acids is 2. The normalized spacial score (nSPS) is 14.2. The van der Waals surface area contributed by atoms with Crippen molar-refractivity contribution in [3.63, 3.8) is 0 Å². The maximum atomic E-state index is 14.0. The van der Waals surface area contributed by atoms with E-state index < -0.39 is 5.82 Å². The van der Waals surface area contributed by atoms with E-state index >= 15 is 0 Å². The molecule has 1 aliphatic heterocycles. The number of aryl methyl sites for hydroxylation is 2. The molecule has 0 saturated carbocycles. The number of halogens is 1. The van der Waals surface area contributed by atoms with Crippen LogP contribution in [0.5, 0.6) is 0 Å². The lowest BCUT2D eigenvalue weighted by atomic mass is 10.2. The van der Waals surface area contributed by atoms with Gasteiger partial charge in [0, 0.05) is 24.9 Å². The Morgan fingerprint density at radius 3 is 2.75 bits per heavy atom. The Kier molecular flexibility index (Phi) is 4.66. The van der Waals surface area contributed by atoms with Crippen LogP contribution in [0.3, 0.4) is 0 Å². The van der Waals surface area contributed by atoms with Gasteiger partial charge in [-0.3, -0.25) is 9.59 Å². The van der Waals surface area contributed by atoms with Crippen LogP contribution in [0.1, 0.15) is 41.8 Å². The zero-order valence-electron chi connectivity index (χ0n) is 15.9. The molecule has 7 heteroatoms. The van der Waals surface area contributed by atoms with Crippen molar-refractivity contribution in [1.29, 1.82) is 0 Å². The Balaban J connectivity index is 1.80. The number of anilines is 1. The smallest absolute Gasteiger partial charge is 0.270 e. The molecule has 0 aliphatic carbocycles. The first-order chi connectivity index (χ1) is 13.5. The van der Waals surface area contributed by atoms with Crippen LogP contribution >= 0.6 is 0 Å². The molecule has 0 radical (unpaired) electrons. The molecule has 1 fully saturated rings. The summed E-state index contributed by atoms with van der Waals surface area (Å²) in [6.07, 6.45) is 1.15. The van der Waals surface area contributed by atoms with E-state index in [0.29, 0.717) is 42.0 Å². The molecule has 28 heavy (non-hydrogen) atoms. The molecule has 1 aromatic carbocycles. The van der Waals surface area contributed by atoms with Crippen molar-refractivity contribution in [2.75, 3.05) is 11.4 Å². The number of furan rings is 1. The van der Waals surface area contributed by atoms with Gasteiger partial charge in [-0.15, -0.1) is 0 Å². The van der Waals surface area contributed by atoms with E-state index in [0.717, 1.165) is 17.7 Å². The van der Waals surface area contributed by atoms with Gasteiger partial charge in [0.15, 0.2) is 0 Å². The molecule has 146 valence electrons. The standard InChI is InChI=1S/C21H22FN3O3/c1-3-24-17-9-7-14(22)11-16(17)19(25-10-4-5-18(25)26)20(24)21(27)23-12-15-8-6-13(2)28-15/h6-9,11H,3-5,10,12H2,1-2H3,(H,23,27). The van der Waals surface area contributed by atoms with Crippen molar-refractivity contribution in [2.45, 2.75) is 39.8 Å². The second-order valence-electron chi connectivity index (χ2n) is 6.95. The molecule has 6 nitrogen and oxygen atoms in total. The summed E-state index contributed by atoms with van der Waals surface area (Å²) < 4.78 is 21.3. The third kappa shape index (κ3) is 3.06. The minimum absolute atomic E-state index is 0.0462. The fourth-order valence-electron chi connectivity index (χ4n) is 3.86. The first-order valence-corrected chi connectivity index (χ1v) is 9.45. The summed E-state index contributed by atoms with van der Waals surface area (Å²) in [7, 11) is 0. The van der Waals surface area contributed by atoms with Crippen LogP contribution in [0.15, 0.2) is 34.7 Å². The number of aromatic nitrogens is 1. The van der Waals surface area contributed by atoms with E-state index in [1.807, 2.05) is 30.5 Å². The highest BCUT2D eigenvalue weighted by Crippen LogP contribution is 2.37. The van der Waals surface area contributed by atoms with E-state index in [1.54, 1.807) is 11.0 Å². The van der Waals surface area contributed by atoms with Crippen molar-refractivity contribution in [1.82, 2.24) is 9.88 Å². The molecular formula is C21H22FN3O3. The van der Waals surface area contributed by atoms with Crippen LogP contribution in [-0.2, 0) is 17.9 Å². The zero-order chi connectivity index (χ0) is 19.8. The Labute approximate surface area is 161 Å². The number of benzene rings is 1. The largest absolute Gasteiger partial charge is 0.465 e. The third-order valence-electron chi connectivity index (χ3n) is 5.09. The van der Waals surface area contributed by atoms with E-state index in [2.05, 4.69) is 5.32 Å². The van der Waals surface area contributed by atoms with Gasteiger partial charge >= 0.3 is 0 Å². The van der Waals surface area contributed by atoms with Gasteiger partial charge in [0.05, 0.1) is 17.7 Å². The minimum Gasteiger partial charge on any atom is -0.465 e. The highest BCUT2D eigenvalue weighted by Gasteiger charge is 2.31. The third-order valence-corrected chi connectivity index (χ3v) is 5.09. The number of amides is 2. The molecule has 1 aliphatic rings. The predicted octanol–water partition coefficient (Wildman–Crippen LogP) is 3.76. The Hall–Kier alpha value is -3.09. The van der Waals surface area contributed by atoms with Gasteiger partial charge in [-0.1, -0.05) is 0 Å². The van der Waals surface area contributed by atoms with Gasteiger partial charge in [-0.2, -0.15) is 0 Å². The molecule has 3 aromatic rings. The fraction of sp³-hybridized carbons (Fsp3) is 0.333. The number of hydrogen-bond acceptors (Lipinski definition) is 3. The molecule has 0 atom stereocenters.